The number of nitrogens with two attached hydrogens (primary N) is 1. The number of benzene rings is 1. The molecule has 1 unspecified atom stereocenters. The highest BCUT2D eigenvalue weighted by Gasteiger charge is 2.25. The maximum absolute atomic E-state index is 5.82. The first kappa shape index (κ1) is 10.5. The second kappa shape index (κ2) is 4.21. The first-order valence-corrected chi connectivity index (χ1v) is 5.30. The molecule has 3 heteroatoms. The van der Waals surface area contributed by atoms with E-state index in [9.17, 15) is 0 Å². The molecule has 1 aromatic rings. The van der Waals surface area contributed by atoms with Gasteiger partial charge in [-0.15, -0.1) is 0 Å². The molecule has 1 aliphatic rings. The van der Waals surface area contributed by atoms with Crippen LogP contribution >= 0.6 is 0 Å². The van der Waals surface area contributed by atoms with Gasteiger partial charge in [0.15, 0.2) is 0 Å². The van der Waals surface area contributed by atoms with Crippen LogP contribution in [0.5, 0.6) is 5.75 Å². The Morgan fingerprint density at radius 1 is 1.53 bits per heavy atom. The summed E-state index contributed by atoms with van der Waals surface area (Å²) < 4.78 is 5.41. The van der Waals surface area contributed by atoms with Crippen LogP contribution < -0.4 is 10.5 Å². The molecule has 3 nitrogen and oxygen atoms in total. The van der Waals surface area contributed by atoms with Crippen molar-refractivity contribution in [1.82, 2.24) is 4.90 Å². The molecule has 1 aromatic carbocycles. The summed E-state index contributed by atoms with van der Waals surface area (Å²) in [6, 6.07) is 6.23. The molecule has 0 radical (unpaired) electrons. The second-order valence-electron chi connectivity index (χ2n) is 4.16. The molecule has 2 rings (SSSR count). The molecule has 2 N–H and O–H groups in total. The molecule has 0 fully saturated rings. The third kappa shape index (κ3) is 1.85. The molecule has 0 bridgehead atoms. The monoisotopic (exact) mass is 206 g/mol. The fourth-order valence-corrected chi connectivity index (χ4v) is 2.38. The Labute approximate surface area is 90.8 Å². The van der Waals surface area contributed by atoms with Gasteiger partial charge in [0.1, 0.15) is 5.75 Å². The van der Waals surface area contributed by atoms with E-state index in [0.717, 1.165) is 18.8 Å². The van der Waals surface area contributed by atoms with E-state index in [-0.39, 0.29) is 0 Å². The molecule has 1 aliphatic heterocycles. The summed E-state index contributed by atoms with van der Waals surface area (Å²) in [5.41, 5.74) is 8.47. The molecule has 1 atom stereocenters. The Hall–Kier alpha value is -1.06. The van der Waals surface area contributed by atoms with Gasteiger partial charge in [0, 0.05) is 31.1 Å². The van der Waals surface area contributed by atoms with Crippen molar-refractivity contribution in [1.29, 1.82) is 0 Å². The summed E-state index contributed by atoms with van der Waals surface area (Å²) in [6.07, 6.45) is 0. The summed E-state index contributed by atoms with van der Waals surface area (Å²) in [5, 5.41) is 0. The van der Waals surface area contributed by atoms with Crippen LogP contribution in [0, 0.1) is 0 Å². The standard InChI is InChI=1S/C12H18N2O/c1-14-7-9-4-3-5-11(15-2)12(9)10(6-13)8-14/h3-5,10H,6-8,13H2,1-2H3. The van der Waals surface area contributed by atoms with Crippen molar-refractivity contribution in [2.45, 2.75) is 12.5 Å². The normalized spacial score (nSPS) is 21.1. The molecule has 15 heavy (non-hydrogen) atoms. The summed E-state index contributed by atoms with van der Waals surface area (Å²) in [4.78, 5) is 2.30. The van der Waals surface area contributed by atoms with E-state index >= 15 is 0 Å². The smallest absolute Gasteiger partial charge is 0.122 e. The van der Waals surface area contributed by atoms with E-state index in [0.29, 0.717) is 12.5 Å². The number of fused-ring (bicyclic) bond motifs is 1. The number of ether oxygens (including phenoxy) is 1. The maximum Gasteiger partial charge on any atom is 0.122 e. The number of methoxy groups -OCH3 is 1. The van der Waals surface area contributed by atoms with Crippen LogP contribution in [-0.2, 0) is 6.54 Å². The van der Waals surface area contributed by atoms with Crippen LogP contribution in [0.4, 0.5) is 0 Å². The molecule has 0 spiro atoms. The summed E-state index contributed by atoms with van der Waals surface area (Å²) in [6.45, 7) is 2.69. The quantitative estimate of drug-likeness (QED) is 0.789. The lowest BCUT2D eigenvalue weighted by Gasteiger charge is -2.32. The van der Waals surface area contributed by atoms with E-state index in [1.807, 2.05) is 12.1 Å². The minimum Gasteiger partial charge on any atom is -0.496 e. The van der Waals surface area contributed by atoms with E-state index in [4.69, 9.17) is 10.5 Å². The van der Waals surface area contributed by atoms with Crippen molar-refractivity contribution in [2.75, 3.05) is 27.2 Å². The average molecular weight is 206 g/mol. The predicted octanol–water partition coefficient (Wildman–Crippen LogP) is 1.18. The van der Waals surface area contributed by atoms with E-state index in [2.05, 4.69) is 18.0 Å². The van der Waals surface area contributed by atoms with Crippen molar-refractivity contribution in [3.05, 3.63) is 29.3 Å². The van der Waals surface area contributed by atoms with E-state index in [1.165, 1.54) is 11.1 Å². The molecule has 82 valence electrons. The largest absolute Gasteiger partial charge is 0.496 e. The second-order valence-corrected chi connectivity index (χ2v) is 4.16. The van der Waals surface area contributed by atoms with Gasteiger partial charge in [-0.25, -0.2) is 0 Å². The Bertz CT molecular complexity index is 351. The van der Waals surface area contributed by atoms with Crippen molar-refractivity contribution in [3.63, 3.8) is 0 Å². The Morgan fingerprint density at radius 2 is 2.33 bits per heavy atom. The molecule has 0 saturated carbocycles. The minimum atomic E-state index is 0.398. The third-order valence-electron chi connectivity index (χ3n) is 3.04. The summed E-state index contributed by atoms with van der Waals surface area (Å²) >= 11 is 0. The van der Waals surface area contributed by atoms with E-state index < -0.39 is 0 Å². The highest BCUT2D eigenvalue weighted by molar-refractivity contribution is 5.44. The van der Waals surface area contributed by atoms with Crippen molar-refractivity contribution < 1.29 is 4.74 Å². The number of likely N-dealkylation sites (N-methyl/N-ethyl adjacent to an activating group) is 1. The minimum absolute atomic E-state index is 0.398. The molecular formula is C12H18N2O. The fourth-order valence-electron chi connectivity index (χ4n) is 2.38. The van der Waals surface area contributed by atoms with Gasteiger partial charge in [-0.1, -0.05) is 12.1 Å². The lowest BCUT2D eigenvalue weighted by Crippen LogP contribution is -2.34. The number of hydrogen-bond acceptors (Lipinski definition) is 3. The summed E-state index contributed by atoms with van der Waals surface area (Å²) in [5.74, 6) is 1.38. The van der Waals surface area contributed by atoms with Crippen LogP contribution in [0.15, 0.2) is 18.2 Å². The molecule has 0 amide bonds. The molecule has 0 saturated heterocycles. The Morgan fingerprint density at radius 3 is 3.00 bits per heavy atom. The lowest BCUT2D eigenvalue weighted by molar-refractivity contribution is 0.276. The van der Waals surface area contributed by atoms with Crippen LogP contribution in [0.25, 0.3) is 0 Å². The van der Waals surface area contributed by atoms with Gasteiger partial charge in [0.25, 0.3) is 0 Å². The molecule has 1 heterocycles. The predicted molar refractivity (Wildman–Crippen MR) is 61.1 cm³/mol. The fraction of sp³-hybridized carbons (Fsp3) is 0.500. The van der Waals surface area contributed by atoms with Gasteiger partial charge in [0.2, 0.25) is 0 Å². The van der Waals surface area contributed by atoms with Crippen LogP contribution in [-0.4, -0.2) is 32.1 Å². The molecular weight excluding hydrogens is 188 g/mol. The number of hydrogen-bond donors (Lipinski definition) is 1. The van der Waals surface area contributed by atoms with Crippen molar-refractivity contribution in [3.8, 4) is 5.75 Å². The van der Waals surface area contributed by atoms with Gasteiger partial charge in [0.05, 0.1) is 7.11 Å². The van der Waals surface area contributed by atoms with Crippen LogP contribution in [0.3, 0.4) is 0 Å². The number of nitrogens with zero attached hydrogens (tertiary/aromatic N) is 1. The summed E-state index contributed by atoms with van der Waals surface area (Å²) in [7, 11) is 3.85. The lowest BCUT2D eigenvalue weighted by atomic mass is 9.89. The van der Waals surface area contributed by atoms with Crippen LogP contribution in [0.1, 0.15) is 17.0 Å². The topological polar surface area (TPSA) is 38.5 Å². The van der Waals surface area contributed by atoms with Gasteiger partial charge >= 0.3 is 0 Å². The Balaban J connectivity index is 2.46. The Kier molecular flexibility index (Phi) is 2.93. The average Bonchev–Trinajstić information content (AvgIpc) is 2.26. The highest BCUT2D eigenvalue weighted by atomic mass is 16.5. The first-order valence-electron chi connectivity index (χ1n) is 5.30. The van der Waals surface area contributed by atoms with Gasteiger partial charge in [-0.05, 0) is 18.7 Å². The first-order chi connectivity index (χ1) is 7.26. The number of rotatable bonds is 2. The maximum atomic E-state index is 5.82. The SMILES string of the molecule is COc1cccc2c1C(CN)CN(C)C2. The highest BCUT2D eigenvalue weighted by Crippen LogP contribution is 2.34. The van der Waals surface area contributed by atoms with Crippen molar-refractivity contribution >= 4 is 0 Å². The zero-order valence-electron chi connectivity index (χ0n) is 9.36. The third-order valence-corrected chi connectivity index (χ3v) is 3.04. The van der Waals surface area contributed by atoms with E-state index in [1.54, 1.807) is 7.11 Å². The zero-order valence-corrected chi connectivity index (χ0v) is 9.36. The molecule has 0 aliphatic carbocycles. The molecule has 0 aromatic heterocycles. The van der Waals surface area contributed by atoms with Gasteiger partial charge < -0.3 is 15.4 Å². The zero-order chi connectivity index (χ0) is 10.8. The van der Waals surface area contributed by atoms with Crippen molar-refractivity contribution in [2.24, 2.45) is 5.73 Å². The van der Waals surface area contributed by atoms with Crippen LogP contribution in [0.2, 0.25) is 0 Å². The van der Waals surface area contributed by atoms with Gasteiger partial charge in [-0.3, -0.25) is 0 Å². The van der Waals surface area contributed by atoms with Gasteiger partial charge in [-0.2, -0.15) is 0 Å².